The lowest BCUT2D eigenvalue weighted by Crippen LogP contribution is -2.42. The second kappa shape index (κ2) is 5.85. The van der Waals surface area contributed by atoms with Crippen molar-refractivity contribution in [2.24, 2.45) is 0 Å². The molecular weight excluding hydrogens is 234 g/mol. The molecule has 4 heteroatoms. The largest absolute Gasteiger partial charge is 0.384 e. The molecule has 0 bridgehead atoms. The van der Waals surface area contributed by atoms with Gasteiger partial charge in [0.2, 0.25) is 0 Å². The summed E-state index contributed by atoms with van der Waals surface area (Å²) in [4.78, 5) is 12.6. The molecule has 1 aromatic rings. The van der Waals surface area contributed by atoms with Crippen LogP contribution in [-0.2, 0) is 0 Å². The minimum Gasteiger partial charge on any atom is -0.384 e. The van der Waals surface area contributed by atoms with Gasteiger partial charge in [0, 0.05) is 11.1 Å². The molecule has 0 spiro atoms. The van der Waals surface area contributed by atoms with E-state index < -0.39 is 0 Å². The quantitative estimate of drug-likeness (QED) is 0.807. The summed E-state index contributed by atoms with van der Waals surface area (Å²) in [6, 6.07) is 1.79. The normalized spacial score (nSPS) is 10.6. The van der Waals surface area contributed by atoms with Gasteiger partial charge in [0.05, 0.1) is 0 Å². The minimum absolute atomic E-state index is 0.103. The van der Waals surface area contributed by atoms with Gasteiger partial charge in [0.25, 0.3) is 5.91 Å². The van der Waals surface area contributed by atoms with Crippen LogP contribution < -0.4 is 5.32 Å². The van der Waals surface area contributed by atoms with E-state index in [9.17, 15) is 4.79 Å². The molecule has 0 aliphatic rings. The molecule has 0 unspecified atom stereocenters. The van der Waals surface area contributed by atoms with Crippen LogP contribution in [0.4, 0.5) is 0 Å². The Labute approximate surface area is 106 Å². The zero-order chi connectivity index (χ0) is 12.9. The summed E-state index contributed by atoms with van der Waals surface area (Å²) < 4.78 is 0. The average Bonchev–Trinajstić information content (AvgIpc) is 2.74. The Bertz CT molecular complexity index is 451. The van der Waals surface area contributed by atoms with E-state index in [1.165, 1.54) is 11.3 Å². The van der Waals surface area contributed by atoms with E-state index in [0.717, 1.165) is 6.42 Å². The molecule has 0 aliphatic heterocycles. The lowest BCUT2D eigenvalue weighted by Gasteiger charge is -2.24. The molecule has 2 N–H and O–H groups in total. The van der Waals surface area contributed by atoms with Crippen molar-refractivity contribution < 1.29 is 9.90 Å². The van der Waals surface area contributed by atoms with Crippen molar-refractivity contribution in [3.8, 4) is 11.8 Å². The van der Waals surface area contributed by atoms with Gasteiger partial charge >= 0.3 is 0 Å². The maximum Gasteiger partial charge on any atom is 0.263 e. The molecule has 0 fully saturated rings. The second-order valence-electron chi connectivity index (χ2n) is 4.31. The van der Waals surface area contributed by atoms with Crippen LogP contribution >= 0.6 is 11.3 Å². The number of thiophene rings is 1. The maximum absolute atomic E-state index is 12.0. The van der Waals surface area contributed by atoms with E-state index in [-0.39, 0.29) is 18.1 Å². The van der Waals surface area contributed by atoms with Gasteiger partial charge in [-0.05, 0) is 31.7 Å². The third kappa shape index (κ3) is 3.88. The van der Waals surface area contributed by atoms with E-state index >= 15 is 0 Å². The second-order valence-corrected chi connectivity index (χ2v) is 5.23. The van der Waals surface area contributed by atoms with Gasteiger partial charge < -0.3 is 10.4 Å². The zero-order valence-corrected chi connectivity index (χ0v) is 11.1. The molecule has 0 aromatic carbocycles. The maximum atomic E-state index is 12.0. The van der Waals surface area contributed by atoms with Gasteiger partial charge in [-0.1, -0.05) is 18.8 Å². The Morgan fingerprint density at radius 2 is 2.29 bits per heavy atom. The first-order chi connectivity index (χ1) is 8.00. The zero-order valence-electron chi connectivity index (χ0n) is 10.3. The van der Waals surface area contributed by atoms with Crippen LogP contribution in [0.1, 0.15) is 42.4 Å². The molecular formula is C13H17NO2S. The van der Waals surface area contributed by atoms with E-state index in [1.54, 1.807) is 6.07 Å². The highest BCUT2D eigenvalue weighted by atomic mass is 32.1. The van der Waals surface area contributed by atoms with Crippen molar-refractivity contribution in [2.75, 3.05) is 6.61 Å². The number of amides is 1. The highest BCUT2D eigenvalue weighted by Gasteiger charge is 2.21. The molecule has 0 atom stereocenters. The van der Waals surface area contributed by atoms with Gasteiger partial charge in [0.15, 0.2) is 0 Å². The van der Waals surface area contributed by atoms with Crippen LogP contribution in [0.3, 0.4) is 0 Å². The Hall–Kier alpha value is -1.31. The third-order valence-electron chi connectivity index (χ3n) is 2.51. The van der Waals surface area contributed by atoms with Crippen molar-refractivity contribution in [1.82, 2.24) is 5.32 Å². The average molecular weight is 251 g/mol. The fraction of sp³-hybridized carbons (Fsp3) is 0.462. The topological polar surface area (TPSA) is 49.3 Å². The molecule has 1 amide bonds. The van der Waals surface area contributed by atoms with Crippen LogP contribution in [0, 0.1) is 11.8 Å². The summed E-state index contributed by atoms with van der Waals surface area (Å²) in [5.74, 6) is 5.23. The monoisotopic (exact) mass is 251 g/mol. The van der Waals surface area contributed by atoms with Gasteiger partial charge in [-0.25, -0.2) is 0 Å². The first-order valence-electron chi connectivity index (χ1n) is 5.50. The van der Waals surface area contributed by atoms with Gasteiger partial charge in [-0.2, -0.15) is 0 Å². The molecule has 1 rings (SSSR count). The number of nitrogens with one attached hydrogen (secondary N) is 1. The highest BCUT2D eigenvalue weighted by molar-refractivity contribution is 7.12. The van der Waals surface area contributed by atoms with Crippen LogP contribution in [-0.4, -0.2) is 23.2 Å². The van der Waals surface area contributed by atoms with Crippen molar-refractivity contribution in [1.29, 1.82) is 0 Å². The summed E-state index contributed by atoms with van der Waals surface area (Å²) in [7, 11) is 0. The van der Waals surface area contributed by atoms with E-state index in [2.05, 4.69) is 17.2 Å². The summed E-state index contributed by atoms with van der Waals surface area (Å²) in [6.45, 7) is 5.80. The molecule has 3 nitrogen and oxygen atoms in total. The first kappa shape index (κ1) is 13.8. The van der Waals surface area contributed by atoms with Crippen LogP contribution in [0.15, 0.2) is 11.4 Å². The molecule has 17 heavy (non-hydrogen) atoms. The Balaban J connectivity index is 2.86. The number of carbonyl (C=O) groups is 1. The molecule has 1 heterocycles. The lowest BCUT2D eigenvalue weighted by molar-refractivity contribution is 0.0915. The van der Waals surface area contributed by atoms with Gasteiger partial charge in [-0.3, -0.25) is 4.79 Å². The lowest BCUT2D eigenvalue weighted by atomic mass is 10.0. The fourth-order valence-electron chi connectivity index (χ4n) is 1.17. The number of aliphatic hydroxyl groups is 1. The fourth-order valence-corrected chi connectivity index (χ4v) is 1.92. The van der Waals surface area contributed by atoms with Crippen molar-refractivity contribution in [3.05, 3.63) is 21.9 Å². The molecule has 1 aromatic heterocycles. The molecule has 92 valence electrons. The predicted octanol–water partition coefficient (Wildman–Crippen LogP) is 2.01. The summed E-state index contributed by atoms with van der Waals surface area (Å²) in [5.41, 5.74) is 0.455. The first-order valence-corrected chi connectivity index (χ1v) is 6.38. The van der Waals surface area contributed by atoms with Crippen molar-refractivity contribution >= 4 is 17.2 Å². The van der Waals surface area contributed by atoms with Crippen LogP contribution in [0.5, 0.6) is 0 Å². The molecule has 0 saturated carbocycles. The molecule has 0 aliphatic carbocycles. The Morgan fingerprint density at radius 3 is 2.88 bits per heavy atom. The summed E-state index contributed by atoms with van der Waals surface area (Å²) in [5, 5.41) is 13.4. The Kier molecular flexibility index (Phi) is 4.73. The number of hydrogen-bond donors (Lipinski definition) is 2. The van der Waals surface area contributed by atoms with E-state index in [4.69, 9.17) is 5.11 Å². The smallest absolute Gasteiger partial charge is 0.263 e. The highest BCUT2D eigenvalue weighted by Crippen LogP contribution is 2.17. The van der Waals surface area contributed by atoms with Crippen molar-refractivity contribution in [2.45, 2.75) is 32.7 Å². The van der Waals surface area contributed by atoms with Crippen LogP contribution in [0.25, 0.3) is 0 Å². The molecule has 0 radical (unpaired) electrons. The SMILES string of the molecule is CCC(C)(C)NC(=O)c1sccc1C#CCO. The van der Waals surface area contributed by atoms with Crippen molar-refractivity contribution in [3.63, 3.8) is 0 Å². The van der Waals surface area contributed by atoms with E-state index in [1.807, 2.05) is 26.2 Å². The summed E-state index contributed by atoms with van der Waals surface area (Å²) >= 11 is 1.36. The number of aliphatic hydroxyl groups excluding tert-OH is 1. The summed E-state index contributed by atoms with van der Waals surface area (Å²) in [6.07, 6.45) is 0.863. The Morgan fingerprint density at radius 1 is 1.59 bits per heavy atom. The number of hydrogen-bond acceptors (Lipinski definition) is 3. The standard InChI is InChI=1S/C13H17NO2S/c1-4-13(2,3)14-12(16)11-10(6-5-8-15)7-9-17-11/h7,9,15H,4,8H2,1-3H3,(H,14,16). The van der Waals surface area contributed by atoms with Gasteiger partial charge in [-0.15, -0.1) is 11.3 Å². The number of carbonyl (C=O) groups excluding carboxylic acids is 1. The van der Waals surface area contributed by atoms with Crippen LogP contribution in [0.2, 0.25) is 0 Å². The van der Waals surface area contributed by atoms with E-state index in [0.29, 0.717) is 10.4 Å². The number of rotatable bonds is 3. The minimum atomic E-state index is -0.219. The third-order valence-corrected chi connectivity index (χ3v) is 3.42. The molecule has 0 saturated heterocycles. The predicted molar refractivity (Wildman–Crippen MR) is 70.1 cm³/mol. The van der Waals surface area contributed by atoms with Gasteiger partial charge in [0.1, 0.15) is 11.5 Å².